The quantitative estimate of drug-likeness (QED) is 0.672. The minimum absolute atomic E-state index is 0.754. The summed E-state index contributed by atoms with van der Waals surface area (Å²) < 4.78 is 7.94. The second-order valence-corrected chi connectivity index (χ2v) is 5.81. The summed E-state index contributed by atoms with van der Waals surface area (Å²) in [4.78, 5) is 0. The fourth-order valence-electron chi connectivity index (χ4n) is 2.70. The van der Waals surface area contributed by atoms with Crippen LogP contribution in [0, 0.1) is 13.8 Å². The summed E-state index contributed by atoms with van der Waals surface area (Å²) in [5.41, 5.74) is 3.42. The van der Waals surface area contributed by atoms with Crippen LogP contribution in [-0.2, 0) is 13.1 Å². The molecule has 0 saturated heterocycles. The van der Waals surface area contributed by atoms with Crippen molar-refractivity contribution in [2.75, 3.05) is 6.54 Å². The lowest BCUT2D eigenvalue weighted by molar-refractivity contribution is 0.477. The van der Waals surface area contributed by atoms with Crippen LogP contribution in [0.15, 0.2) is 52.9 Å². The van der Waals surface area contributed by atoms with Gasteiger partial charge in [-0.3, -0.25) is 4.68 Å². The number of nitrogens with one attached hydrogen (secondary N) is 1. The van der Waals surface area contributed by atoms with E-state index in [4.69, 9.17) is 4.42 Å². The van der Waals surface area contributed by atoms with E-state index in [1.165, 1.54) is 5.69 Å². The first kappa shape index (κ1) is 15.6. The number of benzene rings is 1. The Morgan fingerprint density at radius 2 is 1.91 bits per heavy atom. The van der Waals surface area contributed by atoms with Gasteiger partial charge in [0.2, 0.25) is 0 Å². The molecule has 1 aromatic carbocycles. The Hall–Kier alpha value is -2.33. The molecule has 3 aromatic rings. The lowest BCUT2D eigenvalue weighted by Crippen LogP contribution is -2.16. The van der Waals surface area contributed by atoms with Gasteiger partial charge in [0.1, 0.15) is 11.5 Å². The van der Waals surface area contributed by atoms with Gasteiger partial charge in [-0.25, -0.2) is 0 Å². The molecule has 0 aliphatic carbocycles. The second-order valence-electron chi connectivity index (χ2n) is 5.81. The maximum atomic E-state index is 5.88. The fourth-order valence-corrected chi connectivity index (χ4v) is 2.70. The number of nitrogens with zero attached hydrogens (tertiary/aromatic N) is 2. The lowest BCUT2D eigenvalue weighted by Gasteiger charge is -2.05. The highest BCUT2D eigenvalue weighted by molar-refractivity contribution is 5.57. The van der Waals surface area contributed by atoms with Crippen LogP contribution in [0.5, 0.6) is 0 Å². The second kappa shape index (κ2) is 7.29. The van der Waals surface area contributed by atoms with Crippen molar-refractivity contribution in [2.24, 2.45) is 0 Å². The van der Waals surface area contributed by atoms with E-state index < -0.39 is 0 Å². The van der Waals surface area contributed by atoms with Gasteiger partial charge < -0.3 is 9.73 Å². The molecule has 120 valence electrons. The fraction of sp³-hybridized carbons (Fsp3) is 0.316. The molecular formula is C19H23N3O. The molecule has 0 amide bonds. The predicted octanol–water partition coefficient (Wildman–Crippen LogP) is 3.94. The van der Waals surface area contributed by atoms with E-state index in [-0.39, 0.29) is 0 Å². The summed E-state index contributed by atoms with van der Waals surface area (Å²) in [6, 6.07) is 16.4. The third kappa shape index (κ3) is 4.11. The zero-order chi connectivity index (χ0) is 16.1. The SMILES string of the molecule is Cc1cc(C)n(CCCNCc2ccc(-c3ccccc3)o2)n1. The topological polar surface area (TPSA) is 43.0 Å². The van der Waals surface area contributed by atoms with E-state index in [1.54, 1.807) is 0 Å². The standard InChI is InChI=1S/C19H23N3O/c1-15-13-16(2)22(21-15)12-6-11-20-14-18-9-10-19(23-18)17-7-4-3-5-8-17/h3-5,7-10,13,20H,6,11-12,14H2,1-2H3. The Kier molecular flexibility index (Phi) is 4.93. The average Bonchev–Trinajstić information content (AvgIpc) is 3.15. The molecule has 0 aliphatic heterocycles. The van der Waals surface area contributed by atoms with Crippen LogP contribution in [0.1, 0.15) is 23.6 Å². The Balaban J connectivity index is 1.43. The van der Waals surface area contributed by atoms with Crippen LogP contribution >= 0.6 is 0 Å². The van der Waals surface area contributed by atoms with Crippen LogP contribution in [0.2, 0.25) is 0 Å². The van der Waals surface area contributed by atoms with Gasteiger partial charge in [0.25, 0.3) is 0 Å². The third-order valence-corrected chi connectivity index (χ3v) is 3.85. The normalized spacial score (nSPS) is 11.0. The molecular weight excluding hydrogens is 286 g/mol. The first-order chi connectivity index (χ1) is 11.2. The summed E-state index contributed by atoms with van der Waals surface area (Å²) in [7, 11) is 0. The average molecular weight is 309 g/mol. The van der Waals surface area contributed by atoms with Crippen molar-refractivity contribution in [3.8, 4) is 11.3 Å². The van der Waals surface area contributed by atoms with Gasteiger partial charge in [-0.1, -0.05) is 30.3 Å². The van der Waals surface area contributed by atoms with E-state index >= 15 is 0 Å². The summed E-state index contributed by atoms with van der Waals surface area (Å²) in [5, 5.41) is 7.90. The van der Waals surface area contributed by atoms with Crippen LogP contribution < -0.4 is 5.32 Å². The smallest absolute Gasteiger partial charge is 0.134 e. The summed E-state index contributed by atoms with van der Waals surface area (Å²) in [6.45, 7) is 6.77. The molecule has 2 aromatic heterocycles. The van der Waals surface area contributed by atoms with Crippen molar-refractivity contribution in [3.63, 3.8) is 0 Å². The summed E-state index contributed by atoms with van der Waals surface area (Å²) in [6.07, 6.45) is 1.05. The van der Waals surface area contributed by atoms with Crippen molar-refractivity contribution in [2.45, 2.75) is 33.4 Å². The van der Waals surface area contributed by atoms with Gasteiger partial charge in [-0.15, -0.1) is 0 Å². The molecule has 0 bridgehead atoms. The number of rotatable bonds is 7. The van der Waals surface area contributed by atoms with Crippen molar-refractivity contribution >= 4 is 0 Å². The first-order valence-electron chi connectivity index (χ1n) is 8.08. The molecule has 1 N–H and O–H groups in total. The molecule has 2 heterocycles. The largest absolute Gasteiger partial charge is 0.460 e. The van der Waals surface area contributed by atoms with E-state index in [1.807, 2.05) is 37.3 Å². The van der Waals surface area contributed by atoms with E-state index in [9.17, 15) is 0 Å². The van der Waals surface area contributed by atoms with E-state index in [2.05, 4.69) is 40.2 Å². The molecule has 0 aliphatic rings. The van der Waals surface area contributed by atoms with Gasteiger partial charge in [-0.2, -0.15) is 5.10 Å². The van der Waals surface area contributed by atoms with Crippen molar-refractivity contribution in [1.29, 1.82) is 0 Å². The van der Waals surface area contributed by atoms with Gasteiger partial charge in [0.05, 0.1) is 12.2 Å². The molecule has 0 saturated carbocycles. The minimum atomic E-state index is 0.754. The Morgan fingerprint density at radius 1 is 1.09 bits per heavy atom. The highest BCUT2D eigenvalue weighted by atomic mass is 16.3. The van der Waals surface area contributed by atoms with Gasteiger partial charge >= 0.3 is 0 Å². The molecule has 23 heavy (non-hydrogen) atoms. The van der Waals surface area contributed by atoms with Crippen LogP contribution in [0.25, 0.3) is 11.3 Å². The summed E-state index contributed by atoms with van der Waals surface area (Å²) in [5.74, 6) is 1.89. The molecule has 0 radical (unpaired) electrons. The van der Waals surface area contributed by atoms with E-state index in [0.717, 1.165) is 48.8 Å². The Bertz CT molecular complexity index is 743. The summed E-state index contributed by atoms with van der Waals surface area (Å²) >= 11 is 0. The Labute approximate surface area is 137 Å². The highest BCUT2D eigenvalue weighted by Crippen LogP contribution is 2.21. The molecule has 3 rings (SSSR count). The lowest BCUT2D eigenvalue weighted by atomic mass is 10.2. The molecule has 4 heteroatoms. The molecule has 0 fully saturated rings. The zero-order valence-electron chi connectivity index (χ0n) is 13.7. The maximum absolute atomic E-state index is 5.88. The van der Waals surface area contributed by atoms with Crippen LogP contribution in [-0.4, -0.2) is 16.3 Å². The molecule has 4 nitrogen and oxygen atoms in total. The molecule has 0 unspecified atom stereocenters. The first-order valence-corrected chi connectivity index (χ1v) is 8.08. The Morgan fingerprint density at radius 3 is 2.65 bits per heavy atom. The van der Waals surface area contributed by atoms with Gasteiger partial charge in [0, 0.05) is 17.8 Å². The number of aryl methyl sites for hydroxylation is 3. The van der Waals surface area contributed by atoms with Gasteiger partial charge in [0.15, 0.2) is 0 Å². The number of aromatic nitrogens is 2. The van der Waals surface area contributed by atoms with Crippen molar-refractivity contribution in [1.82, 2.24) is 15.1 Å². The zero-order valence-corrected chi connectivity index (χ0v) is 13.7. The van der Waals surface area contributed by atoms with E-state index in [0.29, 0.717) is 0 Å². The minimum Gasteiger partial charge on any atom is -0.460 e. The van der Waals surface area contributed by atoms with Gasteiger partial charge in [-0.05, 0) is 45.0 Å². The van der Waals surface area contributed by atoms with Crippen LogP contribution in [0.3, 0.4) is 0 Å². The number of hydrogen-bond donors (Lipinski definition) is 1. The maximum Gasteiger partial charge on any atom is 0.134 e. The molecule has 0 atom stereocenters. The monoisotopic (exact) mass is 309 g/mol. The van der Waals surface area contributed by atoms with Crippen LogP contribution in [0.4, 0.5) is 0 Å². The predicted molar refractivity (Wildman–Crippen MR) is 92.2 cm³/mol. The van der Waals surface area contributed by atoms with Crippen molar-refractivity contribution < 1.29 is 4.42 Å². The highest BCUT2D eigenvalue weighted by Gasteiger charge is 2.04. The third-order valence-electron chi connectivity index (χ3n) is 3.85. The van der Waals surface area contributed by atoms with Crippen molar-refractivity contribution in [3.05, 3.63) is 65.7 Å². The molecule has 0 spiro atoms. The number of hydrogen-bond acceptors (Lipinski definition) is 3. The number of furan rings is 1.